The Balaban J connectivity index is 2.34. The van der Waals surface area contributed by atoms with E-state index in [-0.39, 0.29) is 11.9 Å². The molecule has 5 heteroatoms. The molecule has 15 heavy (non-hydrogen) atoms. The molecular weight excluding hydrogens is 194 g/mol. The van der Waals surface area contributed by atoms with E-state index in [1.807, 2.05) is 0 Å². The summed E-state index contributed by atoms with van der Waals surface area (Å²) in [5.41, 5.74) is 0. The summed E-state index contributed by atoms with van der Waals surface area (Å²) in [5, 5.41) is 5.78. The Labute approximate surface area is 90.3 Å². The molecule has 86 valence electrons. The number of hydrogen-bond acceptors (Lipinski definition) is 3. The number of carbonyl (C=O) groups excluding carboxylic acids is 1. The Morgan fingerprint density at radius 1 is 1.53 bits per heavy atom. The zero-order valence-electron chi connectivity index (χ0n) is 9.38. The van der Waals surface area contributed by atoms with E-state index in [0.29, 0.717) is 19.1 Å². The molecule has 0 spiro atoms. The number of unbranched alkanes of at least 4 members (excludes halogenated alkanes) is 1. The van der Waals surface area contributed by atoms with Crippen LogP contribution in [0.15, 0.2) is 4.99 Å². The van der Waals surface area contributed by atoms with E-state index in [2.05, 4.69) is 22.5 Å². The molecule has 1 fully saturated rings. The first kappa shape index (κ1) is 12.0. The van der Waals surface area contributed by atoms with E-state index in [1.54, 1.807) is 7.11 Å². The van der Waals surface area contributed by atoms with Gasteiger partial charge in [-0.3, -0.25) is 15.1 Å². The lowest BCUT2D eigenvalue weighted by Crippen LogP contribution is -2.29. The standard InChI is InChI=1S/C10H19N3O2/c1-3-4-5-8-9(14)13-10(12-8)11-6-7-15-2/h8H,3-7H2,1-2H3,(H2,11,12,13,14). The van der Waals surface area contributed by atoms with Gasteiger partial charge in [-0.05, 0) is 6.42 Å². The molecule has 0 bridgehead atoms. The number of nitrogens with one attached hydrogen (secondary N) is 2. The Morgan fingerprint density at radius 2 is 2.33 bits per heavy atom. The van der Waals surface area contributed by atoms with Gasteiger partial charge in [0.15, 0.2) is 5.96 Å². The van der Waals surface area contributed by atoms with Crippen molar-refractivity contribution in [1.82, 2.24) is 10.6 Å². The number of nitrogens with zero attached hydrogens (tertiary/aromatic N) is 1. The molecule has 1 rings (SSSR count). The van der Waals surface area contributed by atoms with Gasteiger partial charge in [-0.25, -0.2) is 0 Å². The van der Waals surface area contributed by atoms with E-state index < -0.39 is 0 Å². The molecule has 1 saturated heterocycles. The topological polar surface area (TPSA) is 62.7 Å². The van der Waals surface area contributed by atoms with Crippen molar-refractivity contribution in [2.45, 2.75) is 32.2 Å². The highest BCUT2D eigenvalue weighted by Gasteiger charge is 2.26. The second-order valence-electron chi connectivity index (χ2n) is 3.55. The van der Waals surface area contributed by atoms with Crippen molar-refractivity contribution in [1.29, 1.82) is 0 Å². The van der Waals surface area contributed by atoms with Gasteiger partial charge in [0.2, 0.25) is 5.91 Å². The number of rotatable bonds is 6. The van der Waals surface area contributed by atoms with E-state index in [4.69, 9.17) is 4.74 Å². The molecule has 2 N–H and O–H groups in total. The molecular formula is C10H19N3O2. The smallest absolute Gasteiger partial charge is 0.249 e. The summed E-state index contributed by atoms with van der Waals surface area (Å²) in [6, 6.07) is -0.105. The zero-order chi connectivity index (χ0) is 11.1. The number of methoxy groups -OCH3 is 1. The van der Waals surface area contributed by atoms with Crippen LogP contribution in [-0.4, -0.2) is 38.2 Å². The first-order chi connectivity index (χ1) is 7.27. The van der Waals surface area contributed by atoms with Gasteiger partial charge in [0.25, 0.3) is 0 Å². The molecule has 0 aromatic heterocycles. The summed E-state index contributed by atoms with van der Waals surface area (Å²) in [7, 11) is 1.63. The number of carbonyl (C=O) groups is 1. The van der Waals surface area contributed by atoms with Gasteiger partial charge in [0.05, 0.1) is 13.2 Å². The molecule has 0 radical (unpaired) electrons. The molecule has 1 aliphatic rings. The van der Waals surface area contributed by atoms with Crippen LogP contribution < -0.4 is 10.6 Å². The third-order valence-corrected chi connectivity index (χ3v) is 2.28. The summed E-state index contributed by atoms with van der Waals surface area (Å²) in [5.74, 6) is 0.609. The van der Waals surface area contributed by atoms with Crippen LogP contribution in [0.25, 0.3) is 0 Å². The third kappa shape index (κ3) is 3.87. The molecule has 0 aromatic carbocycles. The van der Waals surface area contributed by atoms with Crippen molar-refractivity contribution in [2.75, 3.05) is 20.3 Å². The van der Waals surface area contributed by atoms with Gasteiger partial charge in [-0.2, -0.15) is 0 Å². The quantitative estimate of drug-likeness (QED) is 0.622. The number of amides is 1. The van der Waals surface area contributed by atoms with Gasteiger partial charge in [-0.15, -0.1) is 0 Å². The van der Waals surface area contributed by atoms with E-state index in [9.17, 15) is 4.79 Å². The van der Waals surface area contributed by atoms with Crippen LogP contribution in [-0.2, 0) is 9.53 Å². The van der Waals surface area contributed by atoms with E-state index in [0.717, 1.165) is 19.3 Å². The molecule has 0 aromatic rings. The second-order valence-corrected chi connectivity index (χ2v) is 3.55. The van der Waals surface area contributed by atoms with E-state index in [1.165, 1.54) is 0 Å². The highest BCUT2D eigenvalue weighted by Crippen LogP contribution is 2.04. The molecule has 0 aliphatic carbocycles. The SMILES string of the molecule is CCCCC1NC(=NCCOC)NC1=O. The van der Waals surface area contributed by atoms with Gasteiger partial charge in [-0.1, -0.05) is 19.8 Å². The van der Waals surface area contributed by atoms with Gasteiger partial charge in [0, 0.05) is 7.11 Å². The maximum Gasteiger partial charge on any atom is 0.249 e. The number of ether oxygens (including phenoxy) is 1. The largest absolute Gasteiger partial charge is 0.383 e. The lowest BCUT2D eigenvalue weighted by atomic mass is 10.1. The monoisotopic (exact) mass is 213 g/mol. The first-order valence-corrected chi connectivity index (χ1v) is 5.38. The molecule has 1 amide bonds. The van der Waals surface area contributed by atoms with Crippen LogP contribution in [0.1, 0.15) is 26.2 Å². The van der Waals surface area contributed by atoms with Crippen LogP contribution in [0.4, 0.5) is 0 Å². The molecule has 5 nitrogen and oxygen atoms in total. The van der Waals surface area contributed by atoms with Crippen molar-refractivity contribution >= 4 is 11.9 Å². The third-order valence-electron chi connectivity index (χ3n) is 2.28. The summed E-state index contributed by atoms with van der Waals surface area (Å²) in [6.45, 7) is 3.25. The van der Waals surface area contributed by atoms with Crippen LogP contribution in [0, 0.1) is 0 Å². The van der Waals surface area contributed by atoms with Crippen molar-refractivity contribution in [3.63, 3.8) is 0 Å². The van der Waals surface area contributed by atoms with Crippen LogP contribution in [0.5, 0.6) is 0 Å². The molecule has 1 heterocycles. The van der Waals surface area contributed by atoms with Gasteiger partial charge < -0.3 is 10.1 Å². The molecule has 1 unspecified atom stereocenters. The van der Waals surface area contributed by atoms with E-state index >= 15 is 0 Å². The Kier molecular flexibility index (Phi) is 5.10. The summed E-state index contributed by atoms with van der Waals surface area (Å²) in [4.78, 5) is 15.6. The van der Waals surface area contributed by atoms with Crippen LogP contribution in [0.2, 0.25) is 0 Å². The van der Waals surface area contributed by atoms with Crippen molar-refractivity contribution < 1.29 is 9.53 Å². The summed E-state index contributed by atoms with van der Waals surface area (Å²) in [6.07, 6.45) is 3.02. The minimum absolute atomic E-state index is 0.0274. The maximum absolute atomic E-state index is 11.4. The first-order valence-electron chi connectivity index (χ1n) is 5.38. The van der Waals surface area contributed by atoms with Crippen LogP contribution in [0.3, 0.4) is 0 Å². The number of hydrogen-bond donors (Lipinski definition) is 2. The highest BCUT2D eigenvalue weighted by atomic mass is 16.5. The Morgan fingerprint density at radius 3 is 3.00 bits per heavy atom. The van der Waals surface area contributed by atoms with Crippen LogP contribution >= 0.6 is 0 Å². The highest BCUT2D eigenvalue weighted by molar-refractivity contribution is 6.06. The van der Waals surface area contributed by atoms with Gasteiger partial charge in [0.1, 0.15) is 6.04 Å². The molecule has 0 saturated carbocycles. The maximum atomic E-state index is 11.4. The van der Waals surface area contributed by atoms with Gasteiger partial charge >= 0.3 is 0 Å². The summed E-state index contributed by atoms with van der Waals surface area (Å²) >= 11 is 0. The van der Waals surface area contributed by atoms with Crippen molar-refractivity contribution in [2.24, 2.45) is 4.99 Å². The fraction of sp³-hybridized carbons (Fsp3) is 0.800. The number of guanidine groups is 1. The number of aliphatic imine (C=N–C) groups is 1. The zero-order valence-corrected chi connectivity index (χ0v) is 9.38. The van der Waals surface area contributed by atoms with Crippen molar-refractivity contribution in [3.8, 4) is 0 Å². The lowest BCUT2D eigenvalue weighted by Gasteiger charge is -2.05. The lowest BCUT2D eigenvalue weighted by molar-refractivity contribution is -0.120. The predicted molar refractivity (Wildman–Crippen MR) is 58.8 cm³/mol. The fourth-order valence-electron chi connectivity index (χ4n) is 1.42. The average Bonchev–Trinajstić information content (AvgIpc) is 2.57. The minimum atomic E-state index is -0.105. The molecule has 1 atom stereocenters. The normalized spacial score (nSPS) is 22.9. The Bertz CT molecular complexity index is 241. The minimum Gasteiger partial charge on any atom is -0.383 e. The predicted octanol–water partition coefficient (Wildman–Crippen LogP) is 0.267. The fourth-order valence-corrected chi connectivity index (χ4v) is 1.42. The Hall–Kier alpha value is -1.10. The molecule has 1 aliphatic heterocycles. The average molecular weight is 213 g/mol. The summed E-state index contributed by atoms with van der Waals surface area (Å²) < 4.78 is 4.87. The second kappa shape index (κ2) is 6.40. The van der Waals surface area contributed by atoms with Crippen molar-refractivity contribution in [3.05, 3.63) is 0 Å².